The van der Waals surface area contributed by atoms with Gasteiger partial charge in [0.1, 0.15) is 10.0 Å². The van der Waals surface area contributed by atoms with Crippen molar-refractivity contribution in [3.8, 4) is 11.5 Å². The molecule has 43 heavy (non-hydrogen) atoms. The first-order valence-corrected chi connectivity index (χ1v) is 14.9. The maximum absolute atomic E-state index is 11.2. The summed E-state index contributed by atoms with van der Waals surface area (Å²) in [4.78, 5) is 35.2. The van der Waals surface area contributed by atoms with Crippen LogP contribution in [0.4, 0.5) is 27.3 Å². The molecule has 0 radical (unpaired) electrons. The molecule has 0 bridgehead atoms. The van der Waals surface area contributed by atoms with Crippen LogP contribution in [0.5, 0.6) is 11.5 Å². The SMILES string of the molecule is Cc1ccc(OCNc2nnc(CCSCCc3nnc(N=COc4ccc([N+](=O)[O-])cc4[N+](=O)[O-])s3)s2)c([N+](=O)[O-])c1. The van der Waals surface area contributed by atoms with Gasteiger partial charge in [-0.1, -0.05) is 28.7 Å². The number of hydrogen-bond acceptors (Lipinski definition) is 17. The lowest BCUT2D eigenvalue weighted by Crippen LogP contribution is -2.09. The van der Waals surface area contributed by atoms with Gasteiger partial charge in [0.25, 0.3) is 5.69 Å². The Labute approximate surface area is 254 Å². The van der Waals surface area contributed by atoms with Gasteiger partial charge >= 0.3 is 11.4 Å². The number of nitro benzene ring substituents is 3. The van der Waals surface area contributed by atoms with Crippen molar-refractivity contribution in [2.75, 3.05) is 23.6 Å². The highest BCUT2D eigenvalue weighted by atomic mass is 32.2. The molecule has 2 aromatic carbocycles. The molecule has 0 atom stereocenters. The molecule has 0 aliphatic heterocycles. The summed E-state index contributed by atoms with van der Waals surface area (Å²) in [5.41, 5.74) is -0.321. The van der Waals surface area contributed by atoms with Gasteiger partial charge in [-0.15, -0.1) is 20.4 Å². The maximum atomic E-state index is 11.2. The summed E-state index contributed by atoms with van der Waals surface area (Å²) in [6, 6.07) is 7.78. The topological polar surface area (TPSA) is 224 Å². The van der Waals surface area contributed by atoms with Crippen molar-refractivity contribution in [2.45, 2.75) is 19.8 Å². The fraction of sp³-hybridized carbons (Fsp3) is 0.261. The Morgan fingerprint density at radius 1 is 0.884 bits per heavy atom. The van der Waals surface area contributed by atoms with Crippen LogP contribution in [-0.4, -0.2) is 59.8 Å². The van der Waals surface area contributed by atoms with E-state index < -0.39 is 26.1 Å². The van der Waals surface area contributed by atoms with Crippen LogP contribution < -0.4 is 14.8 Å². The molecule has 0 aliphatic carbocycles. The number of non-ortho nitro benzene ring substituents is 1. The molecule has 1 N–H and O–H groups in total. The lowest BCUT2D eigenvalue weighted by atomic mass is 10.2. The predicted octanol–water partition coefficient (Wildman–Crippen LogP) is 5.13. The number of nitro groups is 3. The van der Waals surface area contributed by atoms with Crippen molar-refractivity contribution in [3.05, 3.63) is 82.3 Å². The normalized spacial score (nSPS) is 11.0. The van der Waals surface area contributed by atoms with Gasteiger partial charge in [-0.05, 0) is 36.1 Å². The second-order valence-electron chi connectivity index (χ2n) is 8.30. The fourth-order valence-electron chi connectivity index (χ4n) is 3.30. The Morgan fingerprint density at radius 2 is 1.56 bits per heavy atom. The average molecular weight is 648 g/mol. The second-order valence-corrected chi connectivity index (χ2v) is 11.6. The lowest BCUT2D eigenvalue weighted by molar-refractivity contribution is -0.394. The van der Waals surface area contributed by atoms with Crippen LogP contribution in [-0.2, 0) is 12.8 Å². The van der Waals surface area contributed by atoms with E-state index >= 15 is 0 Å². The van der Waals surface area contributed by atoms with E-state index in [0.717, 1.165) is 51.7 Å². The van der Waals surface area contributed by atoms with E-state index in [-0.39, 0.29) is 23.9 Å². The molecule has 0 spiro atoms. The summed E-state index contributed by atoms with van der Waals surface area (Å²) in [6.07, 6.45) is 2.32. The third-order valence-electron chi connectivity index (χ3n) is 5.30. The number of ether oxygens (including phenoxy) is 2. The molecule has 0 fully saturated rings. The monoisotopic (exact) mass is 647 g/mol. The summed E-state index contributed by atoms with van der Waals surface area (Å²) < 4.78 is 10.7. The smallest absolute Gasteiger partial charge is 0.318 e. The largest absolute Gasteiger partial charge is 0.466 e. The van der Waals surface area contributed by atoms with Crippen molar-refractivity contribution in [1.29, 1.82) is 0 Å². The molecule has 17 nitrogen and oxygen atoms in total. The van der Waals surface area contributed by atoms with Crippen LogP contribution in [0.25, 0.3) is 0 Å². The number of aliphatic imine (C=N–C) groups is 1. The zero-order valence-corrected chi connectivity index (χ0v) is 24.6. The number of aryl methyl sites for hydroxylation is 3. The Balaban J connectivity index is 1.15. The van der Waals surface area contributed by atoms with E-state index in [2.05, 4.69) is 30.7 Å². The van der Waals surface area contributed by atoms with Gasteiger partial charge in [0.15, 0.2) is 18.9 Å². The molecular formula is C23H21N9O8S3. The van der Waals surface area contributed by atoms with Gasteiger partial charge in [-0.2, -0.15) is 16.8 Å². The number of benzene rings is 2. The van der Waals surface area contributed by atoms with Crippen molar-refractivity contribution >= 4 is 68.2 Å². The number of aromatic nitrogens is 4. The zero-order valence-electron chi connectivity index (χ0n) is 22.1. The van der Waals surface area contributed by atoms with Crippen LogP contribution in [0.15, 0.2) is 41.4 Å². The minimum Gasteiger partial charge on any atom is -0.466 e. The van der Waals surface area contributed by atoms with E-state index in [1.54, 1.807) is 30.8 Å². The number of nitrogens with zero attached hydrogens (tertiary/aromatic N) is 8. The highest BCUT2D eigenvalue weighted by molar-refractivity contribution is 7.99. The molecule has 0 saturated heterocycles. The van der Waals surface area contributed by atoms with Gasteiger partial charge in [-0.3, -0.25) is 30.3 Å². The maximum Gasteiger partial charge on any atom is 0.318 e. The summed E-state index contributed by atoms with van der Waals surface area (Å²) in [7, 11) is 0. The second kappa shape index (κ2) is 14.9. The molecule has 0 unspecified atom stereocenters. The van der Waals surface area contributed by atoms with Crippen molar-refractivity contribution in [3.63, 3.8) is 0 Å². The molecule has 4 aromatic rings. The van der Waals surface area contributed by atoms with Crippen LogP contribution >= 0.6 is 34.4 Å². The lowest BCUT2D eigenvalue weighted by Gasteiger charge is -2.07. The van der Waals surface area contributed by atoms with E-state index in [4.69, 9.17) is 9.47 Å². The molecule has 2 heterocycles. The van der Waals surface area contributed by atoms with E-state index in [1.165, 1.54) is 28.7 Å². The highest BCUT2D eigenvalue weighted by Crippen LogP contribution is 2.31. The third-order valence-corrected chi connectivity index (χ3v) is 8.12. The Hall–Kier alpha value is -4.82. The molecule has 224 valence electrons. The highest BCUT2D eigenvalue weighted by Gasteiger charge is 2.20. The quantitative estimate of drug-likeness (QED) is 0.0416. The molecule has 0 aliphatic rings. The summed E-state index contributed by atoms with van der Waals surface area (Å²) >= 11 is 4.31. The summed E-state index contributed by atoms with van der Waals surface area (Å²) in [5.74, 6) is 1.55. The molecular weight excluding hydrogens is 627 g/mol. The van der Waals surface area contributed by atoms with Gasteiger partial charge in [-0.25, -0.2) is 0 Å². The first-order chi connectivity index (χ1) is 20.7. The minimum absolute atomic E-state index is 0.00422. The Bertz CT molecular complexity index is 1650. The zero-order chi connectivity index (χ0) is 30.8. The number of hydrogen-bond donors (Lipinski definition) is 1. The van der Waals surface area contributed by atoms with Crippen LogP contribution in [0, 0.1) is 37.3 Å². The number of nitrogens with one attached hydrogen (secondary N) is 1. The van der Waals surface area contributed by atoms with Gasteiger partial charge in [0.2, 0.25) is 16.0 Å². The van der Waals surface area contributed by atoms with E-state index in [1.807, 2.05) is 0 Å². The first-order valence-electron chi connectivity index (χ1n) is 12.2. The van der Waals surface area contributed by atoms with Gasteiger partial charge in [0.05, 0.1) is 20.8 Å². The van der Waals surface area contributed by atoms with Crippen molar-refractivity contribution < 1.29 is 24.2 Å². The minimum atomic E-state index is -0.780. The molecule has 0 amide bonds. The number of anilines is 1. The molecule has 4 rings (SSSR count). The first kappa shape index (κ1) is 31.1. The third kappa shape index (κ3) is 9.08. The van der Waals surface area contributed by atoms with Gasteiger partial charge < -0.3 is 14.8 Å². The van der Waals surface area contributed by atoms with Crippen LogP contribution in [0.2, 0.25) is 0 Å². The number of rotatable bonds is 16. The van der Waals surface area contributed by atoms with Crippen molar-refractivity contribution in [2.24, 2.45) is 4.99 Å². The Kier molecular flexibility index (Phi) is 10.8. The summed E-state index contributed by atoms with van der Waals surface area (Å²) in [5, 5.41) is 54.8. The molecule has 20 heteroatoms. The van der Waals surface area contributed by atoms with Crippen LogP contribution in [0.1, 0.15) is 15.6 Å². The number of thioether (sulfide) groups is 1. The van der Waals surface area contributed by atoms with E-state index in [0.29, 0.717) is 23.1 Å². The standard InChI is InChI=1S/C23H21N9O8S3/c1-14-2-4-18(16(10-14)31(35)36)39-12-24-22-28-26-20(42-22)6-8-41-9-7-21-27-29-23(43-21)25-13-40-19-5-3-15(30(33)34)11-17(19)32(37)38/h2-5,10-11,13H,6-9,12H2,1H3,(H,24,28). The van der Waals surface area contributed by atoms with Gasteiger partial charge in [0, 0.05) is 25.0 Å². The van der Waals surface area contributed by atoms with E-state index in [9.17, 15) is 30.3 Å². The van der Waals surface area contributed by atoms with Crippen molar-refractivity contribution in [1.82, 2.24) is 20.4 Å². The Morgan fingerprint density at radius 3 is 2.28 bits per heavy atom. The molecule has 0 saturated carbocycles. The molecule has 2 aromatic heterocycles. The fourth-order valence-corrected chi connectivity index (χ4v) is 5.84. The average Bonchev–Trinajstić information content (AvgIpc) is 3.63. The predicted molar refractivity (Wildman–Crippen MR) is 160 cm³/mol. The van der Waals surface area contributed by atoms with Crippen LogP contribution in [0.3, 0.4) is 0 Å². The summed E-state index contributed by atoms with van der Waals surface area (Å²) in [6.45, 7) is 1.77.